The molecule has 2 unspecified atom stereocenters. The van der Waals surface area contributed by atoms with Crippen molar-refractivity contribution < 1.29 is 28.2 Å². The van der Waals surface area contributed by atoms with Crippen LogP contribution in [0.5, 0.6) is 5.75 Å². The van der Waals surface area contributed by atoms with E-state index in [0.29, 0.717) is 37.4 Å². The molecule has 3 aliphatic rings. The van der Waals surface area contributed by atoms with E-state index in [1.54, 1.807) is 11.0 Å². The number of methoxy groups -OCH3 is 1. The van der Waals surface area contributed by atoms with Gasteiger partial charge in [-0.15, -0.1) is 0 Å². The molecule has 6 rings (SSSR count). The first-order valence-corrected chi connectivity index (χ1v) is 13.1. The number of Topliss-reactive ketones (excluding diaryl/α,β-unsaturated/α-hetero) is 1. The number of carbonyl (C=O) groups excluding carboxylic acids is 2. The Morgan fingerprint density at radius 3 is 2.21 bits per heavy atom. The summed E-state index contributed by atoms with van der Waals surface area (Å²) in [5.41, 5.74) is 5.30. The van der Waals surface area contributed by atoms with Crippen LogP contribution in [-0.4, -0.2) is 55.8 Å². The SMILES string of the molecule is COc1cc(F)cc(CC(=O)C2CC3COCC(C2)N3C(=O)OCC2c3ccccc3-c3ccccc32)c1. The van der Waals surface area contributed by atoms with Gasteiger partial charge in [-0.05, 0) is 52.8 Å². The Balaban J connectivity index is 1.13. The van der Waals surface area contributed by atoms with E-state index in [0.717, 1.165) is 0 Å². The standard InChI is InChI=1S/C31H30FNO5/c1-36-24-11-19(10-21(32)15-24)12-30(34)20-13-22-16-37-17-23(14-20)33(22)31(35)38-18-29-27-8-4-2-6-25(27)26-7-3-5-9-28(26)29/h2-11,15,20,22-23,29H,12-14,16-18H2,1H3. The number of nitrogens with zero attached hydrogens (tertiary/aromatic N) is 1. The number of benzene rings is 3. The molecule has 0 N–H and O–H groups in total. The van der Waals surface area contributed by atoms with Crippen molar-refractivity contribution in [1.82, 2.24) is 4.90 Å². The maximum atomic E-state index is 13.9. The van der Waals surface area contributed by atoms with Gasteiger partial charge in [-0.1, -0.05) is 48.5 Å². The zero-order valence-electron chi connectivity index (χ0n) is 21.3. The monoisotopic (exact) mass is 515 g/mol. The van der Waals surface area contributed by atoms with Crippen LogP contribution in [0.3, 0.4) is 0 Å². The van der Waals surface area contributed by atoms with Gasteiger partial charge in [-0.25, -0.2) is 9.18 Å². The maximum absolute atomic E-state index is 13.9. The zero-order valence-corrected chi connectivity index (χ0v) is 21.3. The second-order valence-corrected chi connectivity index (χ2v) is 10.4. The summed E-state index contributed by atoms with van der Waals surface area (Å²) >= 11 is 0. The Hall–Kier alpha value is -3.71. The van der Waals surface area contributed by atoms with Crippen molar-refractivity contribution in [2.45, 2.75) is 37.3 Å². The molecule has 2 atom stereocenters. The molecule has 3 aromatic rings. The van der Waals surface area contributed by atoms with Crippen LogP contribution in [0.2, 0.25) is 0 Å². The van der Waals surface area contributed by atoms with E-state index in [9.17, 15) is 14.0 Å². The summed E-state index contributed by atoms with van der Waals surface area (Å²) < 4.78 is 30.7. The van der Waals surface area contributed by atoms with Gasteiger partial charge in [0, 0.05) is 24.3 Å². The van der Waals surface area contributed by atoms with Crippen LogP contribution >= 0.6 is 0 Å². The molecular formula is C31H30FNO5. The number of halogens is 1. The van der Waals surface area contributed by atoms with Crippen LogP contribution in [0, 0.1) is 11.7 Å². The number of hydrogen-bond donors (Lipinski definition) is 0. The number of hydrogen-bond acceptors (Lipinski definition) is 5. The minimum absolute atomic E-state index is 0.00943. The van der Waals surface area contributed by atoms with Crippen LogP contribution in [0.25, 0.3) is 11.1 Å². The number of morpholine rings is 1. The number of fused-ring (bicyclic) bond motifs is 5. The molecule has 2 bridgehead atoms. The van der Waals surface area contributed by atoms with Gasteiger partial charge in [0.25, 0.3) is 0 Å². The molecule has 7 heteroatoms. The molecule has 2 aliphatic heterocycles. The fraction of sp³-hybridized carbons (Fsp3) is 0.355. The highest BCUT2D eigenvalue weighted by atomic mass is 19.1. The number of carbonyl (C=O) groups is 2. The van der Waals surface area contributed by atoms with Crippen LogP contribution in [0.1, 0.15) is 35.4 Å². The molecule has 1 aliphatic carbocycles. The van der Waals surface area contributed by atoms with E-state index in [1.165, 1.54) is 41.5 Å². The lowest BCUT2D eigenvalue weighted by molar-refractivity contribution is -0.130. The van der Waals surface area contributed by atoms with Gasteiger partial charge in [0.2, 0.25) is 0 Å². The number of piperidine rings is 1. The van der Waals surface area contributed by atoms with Crippen molar-refractivity contribution in [3.05, 3.63) is 89.2 Å². The van der Waals surface area contributed by atoms with Gasteiger partial charge in [0.05, 0.1) is 32.4 Å². The lowest BCUT2D eigenvalue weighted by atomic mass is 9.81. The summed E-state index contributed by atoms with van der Waals surface area (Å²) in [5, 5.41) is 0. The fourth-order valence-corrected chi connectivity index (χ4v) is 6.33. The lowest BCUT2D eigenvalue weighted by Crippen LogP contribution is -2.60. The third-order valence-electron chi connectivity index (χ3n) is 8.07. The normalized spacial score (nSPS) is 21.9. The molecule has 6 nitrogen and oxygen atoms in total. The Bertz CT molecular complexity index is 1310. The van der Waals surface area contributed by atoms with Gasteiger partial charge in [0.15, 0.2) is 0 Å². The molecule has 0 radical (unpaired) electrons. The van der Waals surface area contributed by atoms with Crippen molar-refractivity contribution in [2.24, 2.45) is 5.92 Å². The minimum atomic E-state index is -0.428. The number of ketones is 1. The van der Waals surface area contributed by atoms with E-state index in [2.05, 4.69) is 24.3 Å². The van der Waals surface area contributed by atoms with Gasteiger partial charge in [-0.2, -0.15) is 0 Å². The molecule has 0 spiro atoms. The average molecular weight is 516 g/mol. The smallest absolute Gasteiger partial charge is 0.410 e. The second kappa shape index (κ2) is 10.2. The van der Waals surface area contributed by atoms with Crippen molar-refractivity contribution in [3.8, 4) is 16.9 Å². The highest BCUT2D eigenvalue weighted by Gasteiger charge is 2.44. The third kappa shape index (κ3) is 4.56. The molecule has 3 aromatic carbocycles. The number of ether oxygens (including phenoxy) is 3. The van der Waals surface area contributed by atoms with Crippen LogP contribution < -0.4 is 4.74 Å². The molecule has 0 aromatic heterocycles. The summed E-state index contributed by atoms with van der Waals surface area (Å²) in [6.07, 6.45) is 0.785. The van der Waals surface area contributed by atoms with Crippen molar-refractivity contribution >= 4 is 11.9 Å². The van der Waals surface area contributed by atoms with Gasteiger partial charge in [-0.3, -0.25) is 9.69 Å². The third-order valence-corrected chi connectivity index (χ3v) is 8.07. The summed E-state index contributed by atoms with van der Waals surface area (Å²) in [5.74, 6) is -0.224. The average Bonchev–Trinajstić information content (AvgIpc) is 3.24. The molecule has 2 saturated heterocycles. The summed E-state index contributed by atoms with van der Waals surface area (Å²) in [4.78, 5) is 28.3. The molecular weight excluding hydrogens is 485 g/mol. The molecule has 0 saturated carbocycles. The van der Waals surface area contributed by atoms with E-state index in [-0.39, 0.29) is 48.8 Å². The summed E-state index contributed by atoms with van der Waals surface area (Å²) in [7, 11) is 1.47. The van der Waals surface area contributed by atoms with Crippen LogP contribution in [0.4, 0.5) is 9.18 Å². The molecule has 1 amide bonds. The topological polar surface area (TPSA) is 65.1 Å². The van der Waals surface area contributed by atoms with Gasteiger partial charge >= 0.3 is 6.09 Å². The lowest BCUT2D eigenvalue weighted by Gasteiger charge is -2.47. The molecule has 2 heterocycles. The van der Waals surface area contributed by atoms with Crippen molar-refractivity contribution in [2.75, 3.05) is 26.9 Å². The Kier molecular flexibility index (Phi) is 6.62. The first kappa shape index (κ1) is 24.6. The van der Waals surface area contributed by atoms with Crippen LogP contribution in [0.15, 0.2) is 66.7 Å². The van der Waals surface area contributed by atoms with E-state index in [4.69, 9.17) is 14.2 Å². The molecule has 196 valence electrons. The maximum Gasteiger partial charge on any atom is 0.410 e. The summed E-state index contributed by atoms with van der Waals surface area (Å²) in [6.45, 7) is 1.00. The highest BCUT2D eigenvalue weighted by molar-refractivity contribution is 5.84. The highest BCUT2D eigenvalue weighted by Crippen LogP contribution is 2.44. The zero-order chi connectivity index (χ0) is 26.2. The largest absolute Gasteiger partial charge is 0.497 e. The number of rotatable bonds is 6. The predicted molar refractivity (Wildman–Crippen MR) is 140 cm³/mol. The molecule has 38 heavy (non-hydrogen) atoms. The first-order valence-electron chi connectivity index (χ1n) is 13.1. The van der Waals surface area contributed by atoms with Gasteiger partial charge < -0.3 is 14.2 Å². The Labute approximate surface area is 221 Å². The van der Waals surface area contributed by atoms with Crippen molar-refractivity contribution in [1.29, 1.82) is 0 Å². The van der Waals surface area contributed by atoms with E-state index < -0.39 is 5.82 Å². The van der Waals surface area contributed by atoms with Crippen molar-refractivity contribution in [3.63, 3.8) is 0 Å². The second-order valence-electron chi connectivity index (χ2n) is 10.4. The van der Waals surface area contributed by atoms with Gasteiger partial charge in [0.1, 0.15) is 24.0 Å². The Morgan fingerprint density at radius 1 is 0.947 bits per heavy atom. The quantitative estimate of drug-likeness (QED) is 0.441. The molecule has 2 fully saturated rings. The van der Waals surface area contributed by atoms with E-state index >= 15 is 0 Å². The van der Waals surface area contributed by atoms with E-state index in [1.807, 2.05) is 24.3 Å². The first-order chi connectivity index (χ1) is 18.5. The Morgan fingerprint density at radius 2 is 1.58 bits per heavy atom. The summed E-state index contributed by atoms with van der Waals surface area (Å²) in [6, 6.07) is 20.4. The number of amides is 1. The van der Waals surface area contributed by atoms with Crippen LogP contribution in [-0.2, 0) is 20.7 Å². The predicted octanol–water partition coefficient (Wildman–Crippen LogP) is 5.37. The fourth-order valence-electron chi connectivity index (χ4n) is 6.33. The minimum Gasteiger partial charge on any atom is -0.497 e.